The Labute approximate surface area is 94.1 Å². The Kier molecular flexibility index (Phi) is 3.27. The molecule has 0 unspecified atom stereocenters. The molecule has 0 amide bonds. The minimum atomic E-state index is 0.110. The van der Waals surface area contributed by atoms with Crippen LogP contribution in [0.1, 0.15) is 16.8 Å². The number of ketones is 1. The molecule has 1 heterocycles. The van der Waals surface area contributed by atoms with Crippen LogP contribution in [0.15, 0.2) is 36.7 Å². The van der Waals surface area contributed by atoms with Crippen LogP contribution in [0.4, 0.5) is 0 Å². The lowest BCUT2D eigenvalue weighted by molar-refractivity contribution is 0.0934. The Hall–Kier alpha value is -1.74. The molecule has 0 saturated heterocycles. The van der Waals surface area contributed by atoms with E-state index >= 15 is 0 Å². The summed E-state index contributed by atoms with van der Waals surface area (Å²) in [6.45, 7) is 0.459. The van der Waals surface area contributed by atoms with Crippen LogP contribution in [0.5, 0.6) is 0 Å². The standard InChI is InChI=1S/C13H13NO2/c1-16-8-6-13(15)12-4-2-3-10-9-14-7-5-11(10)12/h2-5,7,9H,6,8H2,1H3. The maximum Gasteiger partial charge on any atom is 0.165 e. The number of fused-ring (bicyclic) bond motifs is 1. The average Bonchev–Trinajstić information content (AvgIpc) is 2.35. The zero-order chi connectivity index (χ0) is 11.4. The molecule has 82 valence electrons. The predicted octanol–water partition coefficient (Wildman–Crippen LogP) is 2.45. The third-order valence-corrected chi connectivity index (χ3v) is 2.51. The van der Waals surface area contributed by atoms with Gasteiger partial charge >= 0.3 is 0 Å². The van der Waals surface area contributed by atoms with E-state index in [9.17, 15) is 4.79 Å². The molecule has 0 bridgehead atoms. The van der Waals surface area contributed by atoms with Crippen molar-refractivity contribution in [3.63, 3.8) is 0 Å². The number of Topliss-reactive ketones (excluding diaryl/α,β-unsaturated/α-hetero) is 1. The van der Waals surface area contributed by atoms with Crippen molar-refractivity contribution in [3.05, 3.63) is 42.2 Å². The zero-order valence-electron chi connectivity index (χ0n) is 9.14. The van der Waals surface area contributed by atoms with Crippen molar-refractivity contribution in [1.29, 1.82) is 0 Å². The maximum absolute atomic E-state index is 11.9. The largest absolute Gasteiger partial charge is 0.384 e. The van der Waals surface area contributed by atoms with E-state index in [-0.39, 0.29) is 5.78 Å². The minimum absolute atomic E-state index is 0.110. The summed E-state index contributed by atoms with van der Waals surface area (Å²) in [5.74, 6) is 0.110. The smallest absolute Gasteiger partial charge is 0.165 e. The second-order valence-corrected chi connectivity index (χ2v) is 3.57. The summed E-state index contributed by atoms with van der Waals surface area (Å²) in [7, 11) is 1.60. The number of nitrogens with zero attached hydrogens (tertiary/aromatic N) is 1. The predicted molar refractivity (Wildman–Crippen MR) is 62.6 cm³/mol. The molecule has 0 fully saturated rings. The van der Waals surface area contributed by atoms with Crippen molar-refractivity contribution in [2.45, 2.75) is 6.42 Å². The highest BCUT2D eigenvalue weighted by molar-refractivity contribution is 6.07. The van der Waals surface area contributed by atoms with Crippen molar-refractivity contribution in [2.24, 2.45) is 0 Å². The van der Waals surface area contributed by atoms with Crippen LogP contribution in [-0.2, 0) is 4.74 Å². The molecule has 0 aliphatic heterocycles. The first-order valence-corrected chi connectivity index (χ1v) is 5.18. The van der Waals surface area contributed by atoms with Crippen molar-refractivity contribution in [2.75, 3.05) is 13.7 Å². The van der Waals surface area contributed by atoms with E-state index in [2.05, 4.69) is 4.98 Å². The summed E-state index contributed by atoms with van der Waals surface area (Å²) < 4.78 is 4.91. The molecule has 0 N–H and O–H groups in total. The first-order valence-electron chi connectivity index (χ1n) is 5.18. The van der Waals surface area contributed by atoms with Gasteiger partial charge in [-0.05, 0) is 11.5 Å². The number of carbonyl (C=O) groups excluding carboxylic acids is 1. The Morgan fingerprint density at radius 3 is 3.06 bits per heavy atom. The Balaban J connectivity index is 2.40. The third kappa shape index (κ3) is 2.09. The molecule has 0 atom stereocenters. The maximum atomic E-state index is 11.9. The number of benzene rings is 1. The normalized spacial score (nSPS) is 10.6. The molecule has 3 heteroatoms. The van der Waals surface area contributed by atoms with E-state index in [4.69, 9.17) is 4.74 Å². The fraction of sp³-hybridized carbons (Fsp3) is 0.231. The fourth-order valence-electron chi connectivity index (χ4n) is 1.70. The van der Waals surface area contributed by atoms with Crippen molar-refractivity contribution >= 4 is 16.6 Å². The van der Waals surface area contributed by atoms with E-state index in [1.165, 1.54) is 0 Å². The molecule has 0 aliphatic rings. The van der Waals surface area contributed by atoms with Gasteiger partial charge in [0.1, 0.15) is 0 Å². The SMILES string of the molecule is COCCC(=O)c1cccc2cnccc12. The lowest BCUT2D eigenvalue weighted by Crippen LogP contribution is -2.03. The highest BCUT2D eigenvalue weighted by Crippen LogP contribution is 2.18. The Morgan fingerprint density at radius 2 is 2.25 bits per heavy atom. The van der Waals surface area contributed by atoms with E-state index in [1.54, 1.807) is 19.5 Å². The van der Waals surface area contributed by atoms with Crippen molar-refractivity contribution in [3.8, 4) is 0 Å². The van der Waals surface area contributed by atoms with Crippen molar-refractivity contribution in [1.82, 2.24) is 4.98 Å². The van der Waals surface area contributed by atoms with Crippen LogP contribution in [-0.4, -0.2) is 24.5 Å². The van der Waals surface area contributed by atoms with Crippen LogP contribution >= 0.6 is 0 Å². The van der Waals surface area contributed by atoms with Crippen LogP contribution in [0.3, 0.4) is 0 Å². The number of aromatic nitrogens is 1. The van der Waals surface area contributed by atoms with E-state index in [0.29, 0.717) is 13.0 Å². The van der Waals surface area contributed by atoms with Gasteiger partial charge in [-0.1, -0.05) is 18.2 Å². The summed E-state index contributed by atoms with van der Waals surface area (Å²) >= 11 is 0. The van der Waals surface area contributed by atoms with Crippen LogP contribution < -0.4 is 0 Å². The zero-order valence-corrected chi connectivity index (χ0v) is 9.14. The second kappa shape index (κ2) is 4.86. The number of rotatable bonds is 4. The number of hydrogen-bond donors (Lipinski definition) is 0. The summed E-state index contributed by atoms with van der Waals surface area (Å²) in [4.78, 5) is 16.0. The molecular weight excluding hydrogens is 202 g/mol. The monoisotopic (exact) mass is 215 g/mol. The van der Waals surface area contributed by atoms with Crippen LogP contribution in [0.25, 0.3) is 10.8 Å². The van der Waals surface area contributed by atoms with Gasteiger partial charge in [0.15, 0.2) is 5.78 Å². The first-order chi connectivity index (χ1) is 7.83. The third-order valence-electron chi connectivity index (χ3n) is 2.51. The Morgan fingerprint density at radius 1 is 1.38 bits per heavy atom. The van der Waals surface area contributed by atoms with Gasteiger partial charge in [-0.25, -0.2) is 0 Å². The second-order valence-electron chi connectivity index (χ2n) is 3.57. The van der Waals surface area contributed by atoms with E-state index in [1.807, 2.05) is 24.3 Å². The van der Waals surface area contributed by atoms with E-state index in [0.717, 1.165) is 16.3 Å². The summed E-state index contributed by atoms with van der Waals surface area (Å²) in [5.41, 5.74) is 0.747. The molecule has 0 saturated carbocycles. The lowest BCUT2D eigenvalue weighted by Gasteiger charge is -2.04. The molecule has 0 aliphatic carbocycles. The molecule has 0 spiro atoms. The van der Waals surface area contributed by atoms with Crippen LogP contribution in [0.2, 0.25) is 0 Å². The van der Waals surface area contributed by atoms with Crippen molar-refractivity contribution < 1.29 is 9.53 Å². The first kappa shape index (κ1) is 10.8. The fourth-order valence-corrected chi connectivity index (χ4v) is 1.70. The molecular formula is C13H13NO2. The topological polar surface area (TPSA) is 39.2 Å². The Bertz CT molecular complexity index is 503. The molecule has 1 aromatic heterocycles. The molecule has 2 aromatic rings. The number of pyridine rings is 1. The lowest BCUT2D eigenvalue weighted by atomic mass is 10.0. The van der Waals surface area contributed by atoms with Gasteiger partial charge in [0.2, 0.25) is 0 Å². The van der Waals surface area contributed by atoms with Gasteiger partial charge in [0.05, 0.1) is 6.61 Å². The molecule has 3 nitrogen and oxygen atoms in total. The van der Waals surface area contributed by atoms with E-state index < -0.39 is 0 Å². The quantitative estimate of drug-likeness (QED) is 0.735. The van der Waals surface area contributed by atoms with Gasteiger partial charge < -0.3 is 4.74 Å². The number of methoxy groups -OCH3 is 1. The molecule has 0 radical (unpaired) electrons. The number of hydrogen-bond acceptors (Lipinski definition) is 3. The highest BCUT2D eigenvalue weighted by Gasteiger charge is 2.08. The van der Waals surface area contributed by atoms with Gasteiger partial charge in [-0.3, -0.25) is 9.78 Å². The minimum Gasteiger partial charge on any atom is -0.384 e. The number of carbonyl (C=O) groups is 1. The van der Waals surface area contributed by atoms with Crippen LogP contribution in [0, 0.1) is 0 Å². The average molecular weight is 215 g/mol. The summed E-state index contributed by atoms with van der Waals surface area (Å²) in [5, 5.41) is 1.95. The molecule has 1 aromatic carbocycles. The molecule has 16 heavy (non-hydrogen) atoms. The van der Waals surface area contributed by atoms with Gasteiger partial charge in [-0.2, -0.15) is 0 Å². The van der Waals surface area contributed by atoms with Gasteiger partial charge in [0.25, 0.3) is 0 Å². The number of ether oxygens (including phenoxy) is 1. The summed E-state index contributed by atoms with van der Waals surface area (Å²) in [6, 6.07) is 7.55. The molecule has 2 rings (SSSR count). The van der Waals surface area contributed by atoms with Gasteiger partial charge in [-0.15, -0.1) is 0 Å². The highest BCUT2D eigenvalue weighted by atomic mass is 16.5. The summed E-state index contributed by atoms with van der Waals surface area (Å²) in [6.07, 6.45) is 3.88. The van der Waals surface area contributed by atoms with Gasteiger partial charge in [0, 0.05) is 36.9 Å².